The van der Waals surface area contributed by atoms with Crippen LogP contribution < -0.4 is 15.5 Å². The number of hydrogen-bond donors (Lipinski definition) is 2. The monoisotopic (exact) mass is 574 g/mol. The lowest BCUT2D eigenvalue weighted by atomic mass is 10.1. The van der Waals surface area contributed by atoms with E-state index in [0.717, 1.165) is 11.1 Å². The van der Waals surface area contributed by atoms with E-state index in [9.17, 15) is 19.2 Å². The maximum Gasteiger partial charge on any atom is 0.338 e. The van der Waals surface area contributed by atoms with Crippen LogP contribution in [0.15, 0.2) is 78.9 Å². The van der Waals surface area contributed by atoms with Gasteiger partial charge in [0.15, 0.2) is 5.11 Å². The molecule has 212 valence electrons. The topological polar surface area (TPSA) is 117 Å². The Bertz CT molecular complexity index is 1410. The highest BCUT2D eigenvalue weighted by Gasteiger charge is 2.44. The molecule has 3 aromatic carbocycles. The molecule has 1 unspecified atom stereocenters. The predicted molar refractivity (Wildman–Crippen MR) is 156 cm³/mol. The first kappa shape index (κ1) is 29.2. The largest absolute Gasteiger partial charge is 0.497 e. The average molecular weight is 575 g/mol. The Kier molecular flexibility index (Phi) is 9.64. The first-order valence-corrected chi connectivity index (χ1v) is 13.4. The summed E-state index contributed by atoms with van der Waals surface area (Å²) in [7, 11) is 1.56. The van der Waals surface area contributed by atoms with Gasteiger partial charge in [-0.25, -0.2) is 9.80 Å². The van der Waals surface area contributed by atoms with Crippen LogP contribution >= 0.6 is 12.2 Å². The summed E-state index contributed by atoms with van der Waals surface area (Å²) in [4.78, 5) is 52.8. The molecule has 2 N–H and O–H groups in total. The van der Waals surface area contributed by atoms with Crippen molar-refractivity contribution in [3.8, 4) is 5.75 Å². The minimum atomic E-state index is -1.05. The maximum atomic E-state index is 13.5. The number of benzene rings is 3. The van der Waals surface area contributed by atoms with Crippen LogP contribution in [-0.4, -0.2) is 58.5 Å². The second kappa shape index (κ2) is 13.5. The SMILES string of the molecule is CCOC(=O)c1ccc(NC(=O)CC2C(=O)N(Cc3ccccc3)C(=S)N2NC(=O)Cc2ccc(OC)cc2)cc1. The molecule has 1 fully saturated rings. The van der Waals surface area contributed by atoms with Crippen LogP contribution in [0.1, 0.15) is 34.8 Å². The van der Waals surface area contributed by atoms with E-state index < -0.39 is 29.7 Å². The number of anilines is 1. The fraction of sp³-hybridized carbons (Fsp3) is 0.233. The molecule has 11 heteroatoms. The number of ether oxygens (including phenoxy) is 2. The van der Waals surface area contributed by atoms with Gasteiger partial charge in [-0.2, -0.15) is 0 Å². The van der Waals surface area contributed by atoms with Gasteiger partial charge in [-0.15, -0.1) is 0 Å². The van der Waals surface area contributed by atoms with Crippen molar-refractivity contribution in [1.29, 1.82) is 0 Å². The summed E-state index contributed by atoms with van der Waals surface area (Å²) in [6, 6.07) is 21.5. The second-order valence-corrected chi connectivity index (χ2v) is 9.55. The summed E-state index contributed by atoms with van der Waals surface area (Å²) < 4.78 is 10.1. The zero-order valence-electron chi connectivity index (χ0n) is 22.7. The van der Waals surface area contributed by atoms with Gasteiger partial charge in [0.2, 0.25) is 11.8 Å². The molecule has 0 spiro atoms. The Morgan fingerprint density at radius 1 is 0.902 bits per heavy atom. The number of methoxy groups -OCH3 is 1. The van der Waals surface area contributed by atoms with E-state index in [2.05, 4.69) is 10.7 Å². The van der Waals surface area contributed by atoms with Crippen molar-refractivity contribution in [2.24, 2.45) is 0 Å². The van der Waals surface area contributed by atoms with Crippen LogP contribution in [0, 0.1) is 0 Å². The average Bonchev–Trinajstić information content (AvgIpc) is 3.18. The quantitative estimate of drug-likeness (QED) is 0.264. The van der Waals surface area contributed by atoms with Gasteiger partial charge >= 0.3 is 5.97 Å². The number of carbonyl (C=O) groups is 4. The van der Waals surface area contributed by atoms with Crippen molar-refractivity contribution >= 4 is 46.7 Å². The molecule has 0 saturated carbocycles. The number of nitrogens with zero attached hydrogens (tertiary/aromatic N) is 2. The molecule has 3 aromatic rings. The van der Waals surface area contributed by atoms with Gasteiger partial charge in [0.25, 0.3) is 5.91 Å². The minimum Gasteiger partial charge on any atom is -0.497 e. The maximum absolute atomic E-state index is 13.5. The number of hydrogen-bond acceptors (Lipinski definition) is 7. The van der Waals surface area contributed by atoms with Crippen molar-refractivity contribution < 1.29 is 28.7 Å². The lowest BCUT2D eigenvalue weighted by Gasteiger charge is -2.24. The first-order chi connectivity index (χ1) is 19.8. The number of rotatable bonds is 11. The van der Waals surface area contributed by atoms with Gasteiger partial charge in [0.1, 0.15) is 11.8 Å². The molecule has 1 aliphatic heterocycles. The summed E-state index contributed by atoms with van der Waals surface area (Å²) in [5.41, 5.74) is 5.10. The van der Waals surface area contributed by atoms with Crippen molar-refractivity contribution in [2.45, 2.75) is 32.4 Å². The van der Waals surface area contributed by atoms with E-state index in [1.54, 1.807) is 50.4 Å². The lowest BCUT2D eigenvalue weighted by Crippen LogP contribution is -2.50. The molecule has 0 radical (unpaired) electrons. The van der Waals surface area contributed by atoms with E-state index in [1.807, 2.05) is 30.3 Å². The molecular weight excluding hydrogens is 544 g/mol. The highest BCUT2D eigenvalue weighted by atomic mass is 32.1. The van der Waals surface area contributed by atoms with E-state index in [4.69, 9.17) is 21.7 Å². The Balaban J connectivity index is 1.48. The Labute approximate surface area is 243 Å². The van der Waals surface area contributed by atoms with E-state index >= 15 is 0 Å². The number of nitrogens with one attached hydrogen (secondary N) is 2. The molecule has 4 rings (SSSR count). The van der Waals surface area contributed by atoms with Crippen LogP contribution in [-0.2, 0) is 32.1 Å². The zero-order chi connectivity index (χ0) is 29.4. The number of hydrazine groups is 1. The van der Waals surface area contributed by atoms with E-state index in [1.165, 1.54) is 22.0 Å². The highest BCUT2D eigenvalue weighted by molar-refractivity contribution is 7.80. The third kappa shape index (κ3) is 7.46. The summed E-state index contributed by atoms with van der Waals surface area (Å²) in [5, 5.41) is 4.12. The van der Waals surface area contributed by atoms with Gasteiger partial charge in [0, 0.05) is 5.69 Å². The summed E-state index contributed by atoms with van der Waals surface area (Å²) in [6.07, 6.45) is -0.242. The molecule has 41 heavy (non-hydrogen) atoms. The lowest BCUT2D eigenvalue weighted by molar-refractivity contribution is -0.132. The molecule has 3 amide bonds. The van der Waals surface area contributed by atoms with Gasteiger partial charge < -0.3 is 14.8 Å². The highest BCUT2D eigenvalue weighted by Crippen LogP contribution is 2.23. The summed E-state index contributed by atoms with van der Waals surface area (Å²) in [5.74, 6) is -1.07. The standard InChI is InChI=1S/C30H30N4O6S/c1-3-40-29(38)22-11-13-23(14-12-22)31-26(35)18-25-28(37)33(19-21-7-5-4-6-8-21)30(41)34(25)32-27(36)17-20-9-15-24(39-2)16-10-20/h4-16,25H,3,17-19H2,1-2H3,(H,31,35)(H,32,36). The van der Waals surface area contributed by atoms with Gasteiger partial charge in [-0.3, -0.25) is 24.7 Å². The zero-order valence-corrected chi connectivity index (χ0v) is 23.5. The van der Waals surface area contributed by atoms with E-state index in [-0.39, 0.29) is 31.1 Å². The predicted octanol–water partition coefficient (Wildman–Crippen LogP) is 3.47. The van der Waals surface area contributed by atoms with Crippen molar-refractivity contribution in [2.75, 3.05) is 19.0 Å². The molecular formula is C30H30N4O6S. The van der Waals surface area contributed by atoms with Gasteiger partial charge in [0.05, 0.1) is 38.7 Å². The molecule has 0 bridgehead atoms. The second-order valence-electron chi connectivity index (χ2n) is 9.19. The number of esters is 1. The summed E-state index contributed by atoms with van der Waals surface area (Å²) in [6.45, 7) is 2.16. The van der Waals surface area contributed by atoms with Crippen LogP contribution in [0.25, 0.3) is 0 Å². The molecule has 10 nitrogen and oxygen atoms in total. The summed E-state index contributed by atoms with van der Waals surface area (Å²) >= 11 is 5.60. The Hall–Kier alpha value is -4.77. The molecule has 0 aromatic heterocycles. The fourth-order valence-electron chi connectivity index (χ4n) is 4.26. The van der Waals surface area contributed by atoms with E-state index in [0.29, 0.717) is 17.0 Å². The molecule has 1 heterocycles. The normalized spacial score (nSPS) is 14.5. The van der Waals surface area contributed by atoms with Gasteiger partial charge in [-0.1, -0.05) is 42.5 Å². The smallest absolute Gasteiger partial charge is 0.338 e. The number of amides is 3. The Morgan fingerprint density at radius 2 is 1.59 bits per heavy atom. The Morgan fingerprint density at radius 3 is 2.22 bits per heavy atom. The van der Waals surface area contributed by atoms with Crippen LogP contribution in [0.5, 0.6) is 5.75 Å². The van der Waals surface area contributed by atoms with Crippen LogP contribution in [0.4, 0.5) is 5.69 Å². The van der Waals surface area contributed by atoms with Crippen molar-refractivity contribution in [3.63, 3.8) is 0 Å². The van der Waals surface area contributed by atoms with Crippen molar-refractivity contribution in [3.05, 3.63) is 95.6 Å². The number of carbonyl (C=O) groups excluding carboxylic acids is 4. The first-order valence-electron chi connectivity index (χ1n) is 13.0. The van der Waals surface area contributed by atoms with Crippen molar-refractivity contribution in [1.82, 2.24) is 15.3 Å². The van der Waals surface area contributed by atoms with Gasteiger partial charge in [-0.05, 0) is 66.7 Å². The number of thiocarbonyl (C=S) groups is 1. The fourth-order valence-corrected chi connectivity index (χ4v) is 4.59. The molecule has 1 atom stereocenters. The molecule has 1 aliphatic rings. The third-order valence-corrected chi connectivity index (χ3v) is 6.73. The van der Waals surface area contributed by atoms with Crippen LogP contribution in [0.3, 0.4) is 0 Å². The molecule has 0 aliphatic carbocycles. The molecule has 1 saturated heterocycles. The van der Waals surface area contributed by atoms with Crippen LogP contribution in [0.2, 0.25) is 0 Å². The third-order valence-electron chi connectivity index (χ3n) is 6.31. The minimum absolute atomic E-state index is 0.0295.